The molecule has 0 radical (unpaired) electrons. The second-order valence-corrected chi connectivity index (χ2v) is 3.37. The first-order chi connectivity index (χ1) is 4.06. The van der Waals surface area contributed by atoms with E-state index in [0.29, 0.717) is 0 Å². The third-order valence-corrected chi connectivity index (χ3v) is 1.19. The van der Waals surface area contributed by atoms with Gasteiger partial charge in [-0.1, -0.05) is 0 Å². The molecule has 1 unspecified atom stereocenters. The van der Waals surface area contributed by atoms with E-state index in [1.807, 2.05) is 0 Å². The Morgan fingerprint density at radius 3 is 2.56 bits per heavy atom. The summed E-state index contributed by atoms with van der Waals surface area (Å²) in [5, 5.41) is 0. The van der Waals surface area contributed by atoms with Gasteiger partial charge in [0.2, 0.25) is 0 Å². The summed E-state index contributed by atoms with van der Waals surface area (Å²) >= 11 is 0. The van der Waals surface area contributed by atoms with E-state index in [9.17, 15) is 4.57 Å². The lowest BCUT2D eigenvalue weighted by atomic mass is 10.8. The molecule has 3 N–H and O–H groups in total. The van der Waals surface area contributed by atoms with Crippen molar-refractivity contribution in [3.05, 3.63) is 0 Å². The third kappa shape index (κ3) is 8.07. The molecule has 0 aliphatic heterocycles. The molecule has 0 rings (SSSR count). The minimum absolute atomic E-state index is 0.0424. The van der Waals surface area contributed by atoms with Crippen LogP contribution in [0.25, 0.3) is 0 Å². The van der Waals surface area contributed by atoms with Crippen molar-refractivity contribution in [2.45, 2.75) is 0 Å². The van der Waals surface area contributed by atoms with E-state index in [2.05, 4.69) is 15.3 Å². The Hall–Kier alpha value is 0.0700. The zero-order valence-electron chi connectivity index (χ0n) is 5.11. The van der Waals surface area contributed by atoms with Crippen LogP contribution < -0.4 is 5.90 Å². The Labute approximate surface area is 53.2 Å². The molecule has 6 heteroatoms. The highest BCUT2D eigenvalue weighted by Crippen LogP contribution is 2.35. The number of nitrogens with two attached hydrogens (primary N) is 1. The summed E-state index contributed by atoms with van der Waals surface area (Å²) in [6.07, 6.45) is 0. The molecule has 0 aromatic heterocycles. The van der Waals surface area contributed by atoms with E-state index in [-0.39, 0.29) is 13.2 Å². The maximum absolute atomic E-state index is 10.3. The minimum Gasteiger partial charge on any atom is -0.324 e. The fourth-order valence-electron chi connectivity index (χ4n) is 0.255. The molecule has 0 spiro atoms. The molecule has 0 aromatic carbocycles. The van der Waals surface area contributed by atoms with Gasteiger partial charge in [0.15, 0.2) is 0 Å². The molecule has 0 bridgehead atoms. The molecule has 0 amide bonds. The number of hydrogen-bond acceptors (Lipinski definition) is 4. The molecule has 0 saturated heterocycles. The van der Waals surface area contributed by atoms with Gasteiger partial charge < -0.3 is 14.3 Å². The Morgan fingerprint density at radius 2 is 2.22 bits per heavy atom. The van der Waals surface area contributed by atoms with Crippen molar-refractivity contribution in [3.8, 4) is 0 Å². The van der Waals surface area contributed by atoms with Crippen LogP contribution in [-0.2, 0) is 13.9 Å². The van der Waals surface area contributed by atoms with Crippen molar-refractivity contribution >= 4 is 7.60 Å². The second-order valence-electron chi connectivity index (χ2n) is 1.51. The van der Waals surface area contributed by atoms with E-state index >= 15 is 0 Å². The van der Waals surface area contributed by atoms with E-state index < -0.39 is 7.60 Å². The molecule has 0 saturated carbocycles. The highest BCUT2D eigenvalue weighted by atomic mass is 31.2. The quantitative estimate of drug-likeness (QED) is 0.331. The van der Waals surface area contributed by atoms with Crippen molar-refractivity contribution in [3.63, 3.8) is 0 Å². The van der Waals surface area contributed by atoms with Crippen LogP contribution in [0.2, 0.25) is 0 Å². The molecule has 0 aromatic rings. The van der Waals surface area contributed by atoms with Crippen LogP contribution in [0.3, 0.4) is 0 Å². The van der Waals surface area contributed by atoms with Gasteiger partial charge in [-0.2, -0.15) is 0 Å². The van der Waals surface area contributed by atoms with Crippen LogP contribution in [0.5, 0.6) is 0 Å². The number of rotatable bonds is 4. The zero-order chi connectivity index (χ0) is 7.33. The molecular weight excluding hydrogens is 145 g/mol. The molecule has 0 heterocycles. The van der Waals surface area contributed by atoms with E-state index in [4.69, 9.17) is 4.89 Å². The smallest absolute Gasteiger partial charge is 0.324 e. The predicted molar refractivity (Wildman–Crippen MR) is 31.8 cm³/mol. The van der Waals surface area contributed by atoms with Crippen molar-refractivity contribution in [2.24, 2.45) is 5.90 Å². The van der Waals surface area contributed by atoms with Crippen molar-refractivity contribution < 1.29 is 18.8 Å². The average molecular weight is 155 g/mol. The second kappa shape index (κ2) is 3.98. The van der Waals surface area contributed by atoms with Crippen LogP contribution >= 0.6 is 7.60 Å². The van der Waals surface area contributed by atoms with Gasteiger partial charge in [-0.25, -0.2) is 5.90 Å². The largest absolute Gasteiger partial charge is 0.325 e. The molecule has 0 aliphatic carbocycles. The Balaban J connectivity index is 3.18. The zero-order valence-corrected chi connectivity index (χ0v) is 6.01. The van der Waals surface area contributed by atoms with Gasteiger partial charge in [-0.05, 0) is 0 Å². The van der Waals surface area contributed by atoms with E-state index in [1.54, 1.807) is 0 Å². The van der Waals surface area contributed by atoms with Crippen LogP contribution in [0.1, 0.15) is 0 Å². The average Bonchev–Trinajstić information content (AvgIpc) is 1.63. The first-order valence-corrected chi connectivity index (χ1v) is 4.35. The van der Waals surface area contributed by atoms with Gasteiger partial charge >= 0.3 is 7.60 Å². The number of hydrogen-bond donors (Lipinski definition) is 2. The lowest BCUT2D eigenvalue weighted by Gasteiger charge is -2.04. The summed E-state index contributed by atoms with van der Waals surface area (Å²) in [6.45, 7) is 1.27. The van der Waals surface area contributed by atoms with Crippen LogP contribution in [-0.4, -0.2) is 24.8 Å². The van der Waals surface area contributed by atoms with Crippen LogP contribution in [0.15, 0.2) is 0 Å². The van der Waals surface area contributed by atoms with Gasteiger partial charge in [0.25, 0.3) is 0 Å². The third-order valence-electron chi connectivity index (χ3n) is 0.532. The fraction of sp³-hybridized carbons (Fsp3) is 1.00. The van der Waals surface area contributed by atoms with E-state index in [0.717, 1.165) is 6.66 Å². The lowest BCUT2D eigenvalue weighted by molar-refractivity contribution is 0.0976. The van der Waals surface area contributed by atoms with Gasteiger partial charge in [0.1, 0.15) is 0 Å². The molecule has 5 nitrogen and oxygen atoms in total. The summed E-state index contributed by atoms with van der Waals surface area (Å²) in [5.74, 6) is 4.61. The van der Waals surface area contributed by atoms with Gasteiger partial charge in [0, 0.05) is 6.66 Å². The Morgan fingerprint density at radius 1 is 1.67 bits per heavy atom. The van der Waals surface area contributed by atoms with Gasteiger partial charge in [-0.15, -0.1) is 0 Å². The summed E-state index contributed by atoms with van der Waals surface area (Å²) in [4.78, 5) is 12.6. The van der Waals surface area contributed by atoms with Crippen LogP contribution in [0, 0.1) is 0 Å². The monoisotopic (exact) mass is 155 g/mol. The summed E-state index contributed by atoms with van der Waals surface area (Å²) in [6, 6.07) is 0. The topological polar surface area (TPSA) is 81.8 Å². The first-order valence-electron chi connectivity index (χ1n) is 2.33. The minimum atomic E-state index is -3.33. The van der Waals surface area contributed by atoms with Crippen molar-refractivity contribution in [1.82, 2.24) is 0 Å². The standard InChI is InChI=1S/C3H10NO4P/c1-9(5,6)8-3-2-7-4/h2-4H2,1H3,(H,5,6). The van der Waals surface area contributed by atoms with Crippen molar-refractivity contribution in [2.75, 3.05) is 19.9 Å². The van der Waals surface area contributed by atoms with Crippen LogP contribution in [0.4, 0.5) is 0 Å². The molecule has 56 valence electrons. The molecule has 0 fully saturated rings. The normalized spacial score (nSPS) is 17.2. The molecule has 0 aliphatic rings. The highest BCUT2D eigenvalue weighted by Gasteiger charge is 2.07. The molecule has 1 atom stereocenters. The van der Waals surface area contributed by atoms with Gasteiger partial charge in [0.05, 0.1) is 13.2 Å². The SMILES string of the molecule is CP(=O)(O)OCCON. The maximum atomic E-state index is 10.3. The highest BCUT2D eigenvalue weighted by molar-refractivity contribution is 7.51. The predicted octanol–water partition coefficient (Wildman–Crippen LogP) is -0.292. The fourth-order valence-corrected chi connectivity index (χ4v) is 0.668. The maximum Gasteiger partial charge on any atom is 0.325 e. The summed E-state index contributed by atoms with van der Waals surface area (Å²) in [5.41, 5.74) is 0. The summed E-state index contributed by atoms with van der Waals surface area (Å²) < 4.78 is 14.7. The Kier molecular flexibility index (Phi) is 4.01. The summed E-state index contributed by atoms with van der Waals surface area (Å²) in [7, 11) is -3.33. The van der Waals surface area contributed by atoms with E-state index in [1.165, 1.54) is 0 Å². The lowest BCUT2D eigenvalue weighted by Crippen LogP contribution is -2.06. The first kappa shape index (κ1) is 9.07. The Bertz CT molecular complexity index is 110. The molecule has 9 heavy (non-hydrogen) atoms. The van der Waals surface area contributed by atoms with Crippen molar-refractivity contribution in [1.29, 1.82) is 0 Å². The van der Waals surface area contributed by atoms with Gasteiger partial charge in [-0.3, -0.25) is 4.57 Å². The molecular formula is C3H10NO4P.